The zero-order chi connectivity index (χ0) is 16.2. The van der Waals surface area contributed by atoms with Crippen LogP contribution in [0.3, 0.4) is 0 Å². The molecule has 0 N–H and O–H groups in total. The Morgan fingerprint density at radius 2 is 1.52 bits per heavy atom. The molecule has 1 aromatic carbocycles. The maximum atomic E-state index is 5.33. The van der Waals surface area contributed by atoms with Crippen molar-refractivity contribution in [3.63, 3.8) is 0 Å². The van der Waals surface area contributed by atoms with Gasteiger partial charge >= 0.3 is 0 Å². The van der Waals surface area contributed by atoms with Gasteiger partial charge < -0.3 is 18.7 Å². The lowest BCUT2D eigenvalue weighted by atomic mass is 10.1. The minimum absolute atomic E-state index is 0.413. The van der Waals surface area contributed by atoms with Crippen molar-refractivity contribution < 1.29 is 18.7 Å². The predicted octanol–water partition coefficient (Wildman–Crippen LogP) is 2.82. The summed E-state index contributed by atoms with van der Waals surface area (Å²) < 4.78 is 21.3. The number of ether oxygens (including phenoxy) is 3. The third-order valence-electron chi connectivity index (χ3n) is 3.28. The van der Waals surface area contributed by atoms with Crippen LogP contribution in [-0.2, 0) is 0 Å². The van der Waals surface area contributed by atoms with Crippen molar-refractivity contribution in [1.82, 2.24) is 15.1 Å². The Bertz CT molecular complexity index is 777. The van der Waals surface area contributed by atoms with E-state index >= 15 is 0 Å². The number of rotatable bonds is 5. The summed E-state index contributed by atoms with van der Waals surface area (Å²) in [4.78, 5) is 8.36. The molecule has 3 rings (SSSR count). The van der Waals surface area contributed by atoms with Crippen molar-refractivity contribution in [3.8, 4) is 40.1 Å². The van der Waals surface area contributed by atoms with E-state index in [1.54, 1.807) is 58.0 Å². The number of nitrogens with zero attached hydrogens (tertiary/aromatic N) is 3. The van der Waals surface area contributed by atoms with Crippen LogP contribution in [0.4, 0.5) is 0 Å². The molecule has 0 spiro atoms. The van der Waals surface area contributed by atoms with E-state index in [4.69, 9.17) is 18.7 Å². The third kappa shape index (κ3) is 2.80. The average molecular weight is 313 g/mol. The molecule has 0 saturated heterocycles. The highest BCUT2D eigenvalue weighted by Crippen LogP contribution is 2.40. The van der Waals surface area contributed by atoms with E-state index in [0.717, 1.165) is 5.56 Å². The maximum absolute atomic E-state index is 5.33. The second-order valence-electron chi connectivity index (χ2n) is 4.57. The summed E-state index contributed by atoms with van der Waals surface area (Å²) in [5.74, 6) is 2.40. The average Bonchev–Trinajstić information content (AvgIpc) is 3.11. The highest BCUT2D eigenvalue weighted by molar-refractivity contribution is 5.67. The molecule has 3 aromatic rings. The largest absolute Gasteiger partial charge is 0.493 e. The van der Waals surface area contributed by atoms with Crippen LogP contribution >= 0.6 is 0 Å². The lowest BCUT2D eigenvalue weighted by molar-refractivity contribution is 0.324. The first kappa shape index (κ1) is 14.8. The normalized spacial score (nSPS) is 10.4. The van der Waals surface area contributed by atoms with Crippen LogP contribution in [0.1, 0.15) is 0 Å². The topological polar surface area (TPSA) is 79.5 Å². The van der Waals surface area contributed by atoms with E-state index in [9.17, 15) is 0 Å². The fourth-order valence-corrected chi connectivity index (χ4v) is 2.16. The molecular formula is C16H15N3O4. The van der Waals surface area contributed by atoms with Gasteiger partial charge in [0.15, 0.2) is 11.5 Å². The van der Waals surface area contributed by atoms with Crippen molar-refractivity contribution in [2.75, 3.05) is 21.3 Å². The van der Waals surface area contributed by atoms with Crippen molar-refractivity contribution >= 4 is 0 Å². The van der Waals surface area contributed by atoms with E-state index in [-0.39, 0.29) is 0 Å². The van der Waals surface area contributed by atoms with Gasteiger partial charge in [0, 0.05) is 23.5 Å². The molecule has 0 saturated carbocycles. The number of aromatic nitrogens is 3. The summed E-state index contributed by atoms with van der Waals surface area (Å²) >= 11 is 0. The highest BCUT2D eigenvalue weighted by atomic mass is 16.5. The van der Waals surface area contributed by atoms with Gasteiger partial charge in [0.2, 0.25) is 11.6 Å². The molecule has 0 aliphatic rings. The molecule has 2 heterocycles. The monoisotopic (exact) mass is 313 g/mol. The second-order valence-corrected chi connectivity index (χ2v) is 4.57. The first-order valence-electron chi connectivity index (χ1n) is 6.81. The Morgan fingerprint density at radius 1 is 0.870 bits per heavy atom. The lowest BCUT2D eigenvalue weighted by Crippen LogP contribution is -1.96. The summed E-state index contributed by atoms with van der Waals surface area (Å²) in [5, 5.41) is 4.01. The van der Waals surface area contributed by atoms with Crippen molar-refractivity contribution in [2.45, 2.75) is 0 Å². The predicted molar refractivity (Wildman–Crippen MR) is 82.6 cm³/mol. The Morgan fingerprint density at radius 3 is 2.09 bits per heavy atom. The van der Waals surface area contributed by atoms with Crippen molar-refractivity contribution in [3.05, 3.63) is 36.7 Å². The summed E-state index contributed by atoms with van der Waals surface area (Å²) in [6.07, 6.45) is 3.33. The molecule has 0 bridgehead atoms. The van der Waals surface area contributed by atoms with E-state index < -0.39 is 0 Å². The van der Waals surface area contributed by atoms with Gasteiger partial charge in [0.25, 0.3) is 5.89 Å². The molecule has 2 aromatic heterocycles. The van der Waals surface area contributed by atoms with Gasteiger partial charge in [-0.3, -0.25) is 4.98 Å². The fourth-order valence-electron chi connectivity index (χ4n) is 2.16. The maximum Gasteiger partial charge on any atom is 0.258 e. The molecular weight excluding hydrogens is 298 g/mol. The molecule has 0 aliphatic carbocycles. The van der Waals surface area contributed by atoms with Crippen LogP contribution in [0.15, 0.2) is 41.2 Å². The minimum Gasteiger partial charge on any atom is -0.493 e. The zero-order valence-corrected chi connectivity index (χ0v) is 12.9. The quantitative estimate of drug-likeness (QED) is 0.716. The minimum atomic E-state index is 0.413. The van der Waals surface area contributed by atoms with Gasteiger partial charge in [-0.1, -0.05) is 5.16 Å². The lowest BCUT2D eigenvalue weighted by Gasteiger charge is -2.12. The van der Waals surface area contributed by atoms with Crippen LogP contribution in [0.25, 0.3) is 22.8 Å². The molecule has 0 radical (unpaired) electrons. The van der Waals surface area contributed by atoms with Crippen molar-refractivity contribution in [2.24, 2.45) is 0 Å². The molecule has 0 fully saturated rings. The first-order chi connectivity index (χ1) is 11.3. The third-order valence-corrected chi connectivity index (χ3v) is 3.28. The van der Waals surface area contributed by atoms with E-state index in [0.29, 0.717) is 34.5 Å². The van der Waals surface area contributed by atoms with Crippen molar-refractivity contribution in [1.29, 1.82) is 0 Å². The molecule has 0 aliphatic heterocycles. The number of hydrogen-bond donors (Lipinski definition) is 0. The van der Waals surface area contributed by atoms with Gasteiger partial charge in [-0.15, -0.1) is 0 Å². The number of methoxy groups -OCH3 is 3. The van der Waals surface area contributed by atoms with Crippen LogP contribution < -0.4 is 14.2 Å². The Kier molecular flexibility index (Phi) is 4.09. The number of benzene rings is 1. The summed E-state index contributed by atoms with van der Waals surface area (Å²) in [6.45, 7) is 0. The summed E-state index contributed by atoms with van der Waals surface area (Å²) in [6, 6.07) is 7.13. The standard InChI is InChI=1S/C16H15N3O4/c1-20-12-8-11(9-13(21-2)14(12)22-3)15-18-16(23-19-15)10-4-6-17-7-5-10/h4-9H,1-3H3. The molecule has 23 heavy (non-hydrogen) atoms. The Labute approximate surface area is 132 Å². The second kappa shape index (κ2) is 6.35. The van der Waals surface area contributed by atoms with Crippen LogP contribution in [0.2, 0.25) is 0 Å². The smallest absolute Gasteiger partial charge is 0.258 e. The van der Waals surface area contributed by atoms with E-state index in [2.05, 4.69) is 15.1 Å². The van der Waals surface area contributed by atoms with Crippen LogP contribution in [-0.4, -0.2) is 36.5 Å². The van der Waals surface area contributed by atoms with Gasteiger partial charge in [0.05, 0.1) is 21.3 Å². The van der Waals surface area contributed by atoms with Gasteiger partial charge in [-0.05, 0) is 24.3 Å². The highest BCUT2D eigenvalue weighted by Gasteiger charge is 2.17. The van der Waals surface area contributed by atoms with Crippen LogP contribution in [0, 0.1) is 0 Å². The fraction of sp³-hybridized carbons (Fsp3) is 0.188. The van der Waals surface area contributed by atoms with Crippen LogP contribution in [0.5, 0.6) is 17.2 Å². The number of hydrogen-bond acceptors (Lipinski definition) is 7. The van der Waals surface area contributed by atoms with Gasteiger partial charge in [-0.25, -0.2) is 0 Å². The number of pyridine rings is 1. The molecule has 0 unspecified atom stereocenters. The van der Waals surface area contributed by atoms with E-state index in [1.165, 1.54) is 0 Å². The molecule has 0 amide bonds. The van der Waals surface area contributed by atoms with Gasteiger partial charge in [0.1, 0.15) is 0 Å². The zero-order valence-electron chi connectivity index (χ0n) is 12.9. The molecule has 7 nitrogen and oxygen atoms in total. The molecule has 0 atom stereocenters. The summed E-state index contributed by atoms with van der Waals surface area (Å²) in [7, 11) is 4.66. The SMILES string of the molecule is COc1cc(-c2noc(-c3ccncc3)n2)cc(OC)c1OC. The molecule has 7 heteroatoms. The molecule has 118 valence electrons. The van der Waals surface area contributed by atoms with E-state index in [1.807, 2.05) is 0 Å². The van der Waals surface area contributed by atoms with Gasteiger partial charge in [-0.2, -0.15) is 4.98 Å². The Balaban J connectivity index is 2.04. The first-order valence-corrected chi connectivity index (χ1v) is 6.81. The summed E-state index contributed by atoms with van der Waals surface area (Å²) in [5.41, 5.74) is 1.50. The Hall–Kier alpha value is -3.09.